The van der Waals surface area contributed by atoms with E-state index in [9.17, 15) is 0 Å². The summed E-state index contributed by atoms with van der Waals surface area (Å²) in [5.74, 6) is 0.767. The van der Waals surface area contributed by atoms with Gasteiger partial charge in [0.2, 0.25) is 0 Å². The van der Waals surface area contributed by atoms with Crippen molar-refractivity contribution >= 4 is 21.4 Å². The summed E-state index contributed by atoms with van der Waals surface area (Å²) >= 11 is 2.01. The van der Waals surface area contributed by atoms with Gasteiger partial charge in [0.25, 0.3) is 0 Å². The molecule has 3 rings (SSSR count). The van der Waals surface area contributed by atoms with Crippen LogP contribution >= 0.6 is 11.3 Å². The van der Waals surface area contributed by atoms with Gasteiger partial charge >= 0.3 is 0 Å². The second-order valence-corrected chi connectivity index (χ2v) is 6.52. The van der Waals surface area contributed by atoms with E-state index in [4.69, 9.17) is 0 Å². The minimum absolute atomic E-state index is 0.666. The van der Waals surface area contributed by atoms with Crippen molar-refractivity contribution in [2.75, 3.05) is 6.54 Å². The second-order valence-electron chi connectivity index (χ2n) is 5.41. The number of hydrogen-bond donors (Lipinski definition) is 1. The van der Waals surface area contributed by atoms with Gasteiger partial charge in [-0.05, 0) is 61.7 Å². The zero-order valence-electron chi connectivity index (χ0n) is 11.2. The van der Waals surface area contributed by atoms with Crippen molar-refractivity contribution in [1.82, 2.24) is 5.32 Å². The van der Waals surface area contributed by atoms with Crippen LogP contribution in [0.25, 0.3) is 10.1 Å². The average Bonchev–Trinajstić information content (AvgIpc) is 2.82. The van der Waals surface area contributed by atoms with Crippen molar-refractivity contribution in [2.24, 2.45) is 0 Å². The van der Waals surface area contributed by atoms with Gasteiger partial charge in [0.15, 0.2) is 0 Å². The minimum Gasteiger partial charge on any atom is -0.314 e. The lowest BCUT2D eigenvalue weighted by molar-refractivity contribution is 0.384. The van der Waals surface area contributed by atoms with E-state index in [0.29, 0.717) is 6.04 Å². The number of hydrogen-bond acceptors (Lipinski definition) is 2. The van der Waals surface area contributed by atoms with Crippen molar-refractivity contribution in [3.05, 3.63) is 34.7 Å². The molecule has 2 heteroatoms. The zero-order chi connectivity index (χ0) is 12.5. The Hall–Kier alpha value is -0.860. The predicted molar refractivity (Wildman–Crippen MR) is 80.6 cm³/mol. The third-order valence-electron chi connectivity index (χ3n) is 4.08. The molecule has 0 spiro atoms. The highest BCUT2D eigenvalue weighted by molar-refractivity contribution is 7.19. The van der Waals surface area contributed by atoms with Crippen LogP contribution in [0.15, 0.2) is 24.3 Å². The van der Waals surface area contributed by atoms with Crippen molar-refractivity contribution in [3.63, 3.8) is 0 Å². The average molecular weight is 259 g/mol. The van der Waals surface area contributed by atoms with Gasteiger partial charge in [-0.15, -0.1) is 11.3 Å². The lowest BCUT2D eigenvalue weighted by Gasteiger charge is -2.27. The molecule has 0 radical (unpaired) electrons. The molecule has 1 aliphatic heterocycles. The Morgan fingerprint density at radius 1 is 1.39 bits per heavy atom. The van der Waals surface area contributed by atoms with E-state index in [2.05, 4.69) is 43.4 Å². The first-order valence-corrected chi connectivity index (χ1v) is 7.84. The molecular weight excluding hydrogens is 238 g/mol. The Bertz CT molecular complexity index is 543. The maximum absolute atomic E-state index is 3.54. The molecule has 2 atom stereocenters. The Balaban J connectivity index is 1.97. The molecule has 96 valence electrons. The number of piperidine rings is 1. The van der Waals surface area contributed by atoms with Crippen molar-refractivity contribution < 1.29 is 0 Å². The van der Waals surface area contributed by atoms with Gasteiger partial charge in [0, 0.05) is 15.6 Å². The largest absolute Gasteiger partial charge is 0.314 e. The molecule has 2 heterocycles. The number of nitrogens with one attached hydrogen (secondary N) is 1. The van der Waals surface area contributed by atoms with Crippen molar-refractivity contribution in [1.29, 1.82) is 0 Å². The van der Waals surface area contributed by atoms with Gasteiger partial charge in [0.1, 0.15) is 0 Å². The van der Waals surface area contributed by atoms with Gasteiger partial charge in [-0.2, -0.15) is 0 Å². The quantitative estimate of drug-likeness (QED) is 0.847. The molecule has 1 nitrogen and oxygen atoms in total. The molecule has 0 amide bonds. The van der Waals surface area contributed by atoms with Crippen LogP contribution in [0, 0.1) is 0 Å². The van der Waals surface area contributed by atoms with Crippen LogP contribution in [0.3, 0.4) is 0 Å². The Morgan fingerprint density at radius 2 is 2.28 bits per heavy atom. The first-order chi connectivity index (χ1) is 8.78. The Kier molecular flexibility index (Phi) is 3.40. The van der Waals surface area contributed by atoms with E-state index in [0.717, 1.165) is 12.3 Å². The highest BCUT2D eigenvalue weighted by Crippen LogP contribution is 2.37. The summed E-state index contributed by atoms with van der Waals surface area (Å²) in [6, 6.07) is 9.87. The fourth-order valence-electron chi connectivity index (χ4n) is 3.04. The molecule has 18 heavy (non-hydrogen) atoms. The molecule has 1 N–H and O–H groups in total. The standard InChI is InChI=1S/C16H21NS/c1-3-12-5-4-6-15-14(12)10-16(18-15)13-7-8-17-11(2)9-13/h4-6,10-11,13,17H,3,7-9H2,1-2H3/t11-,13-/m1/s1. The van der Waals surface area contributed by atoms with Crippen LogP contribution in [0.1, 0.15) is 43.0 Å². The van der Waals surface area contributed by atoms with Crippen LogP contribution in [0.2, 0.25) is 0 Å². The number of aryl methyl sites for hydroxylation is 1. The van der Waals surface area contributed by atoms with Crippen LogP contribution < -0.4 is 5.32 Å². The molecule has 0 bridgehead atoms. The van der Waals surface area contributed by atoms with Crippen LogP contribution in [-0.4, -0.2) is 12.6 Å². The van der Waals surface area contributed by atoms with Crippen LogP contribution in [-0.2, 0) is 6.42 Å². The van der Waals surface area contributed by atoms with Crippen LogP contribution in [0.5, 0.6) is 0 Å². The maximum Gasteiger partial charge on any atom is 0.0348 e. The third-order valence-corrected chi connectivity index (χ3v) is 5.34. The number of benzene rings is 1. The molecule has 1 saturated heterocycles. The van der Waals surface area contributed by atoms with Crippen LogP contribution in [0.4, 0.5) is 0 Å². The normalized spacial score (nSPS) is 24.6. The van der Waals surface area contributed by atoms with Gasteiger partial charge < -0.3 is 5.32 Å². The topological polar surface area (TPSA) is 12.0 Å². The van der Waals surface area contributed by atoms with Crippen molar-refractivity contribution in [2.45, 2.75) is 45.1 Å². The molecule has 1 aliphatic rings. The predicted octanol–water partition coefficient (Wildman–Crippen LogP) is 4.32. The monoisotopic (exact) mass is 259 g/mol. The van der Waals surface area contributed by atoms with E-state index < -0.39 is 0 Å². The molecule has 1 fully saturated rings. The van der Waals surface area contributed by atoms with E-state index in [-0.39, 0.29) is 0 Å². The van der Waals surface area contributed by atoms with E-state index in [1.54, 1.807) is 4.88 Å². The van der Waals surface area contributed by atoms with E-state index in [1.165, 1.54) is 35.0 Å². The smallest absolute Gasteiger partial charge is 0.0348 e. The molecule has 0 aliphatic carbocycles. The van der Waals surface area contributed by atoms with E-state index in [1.807, 2.05) is 11.3 Å². The maximum atomic E-state index is 3.54. The summed E-state index contributed by atoms with van der Waals surface area (Å²) in [5.41, 5.74) is 1.50. The fourth-order valence-corrected chi connectivity index (χ4v) is 4.30. The molecular formula is C16H21NS. The third kappa shape index (κ3) is 2.19. The first kappa shape index (κ1) is 12.2. The molecule has 0 unspecified atom stereocenters. The second kappa shape index (κ2) is 5.02. The fraction of sp³-hybridized carbons (Fsp3) is 0.500. The van der Waals surface area contributed by atoms with Gasteiger partial charge in [-0.3, -0.25) is 0 Å². The lowest BCUT2D eigenvalue weighted by Crippen LogP contribution is -2.34. The lowest BCUT2D eigenvalue weighted by atomic mass is 9.91. The Labute approximate surface area is 113 Å². The first-order valence-electron chi connectivity index (χ1n) is 7.02. The summed E-state index contributed by atoms with van der Waals surface area (Å²) in [6.45, 7) is 5.72. The Morgan fingerprint density at radius 3 is 3.06 bits per heavy atom. The number of rotatable bonds is 2. The van der Waals surface area contributed by atoms with E-state index >= 15 is 0 Å². The molecule has 1 aromatic heterocycles. The molecule has 2 aromatic rings. The van der Waals surface area contributed by atoms with Gasteiger partial charge in [-0.1, -0.05) is 19.1 Å². The highest BCUT2D eigenvalue weighted by atomic mass is 32.1. The summed E-state index contributed by atoms with van der Waals surface area (Å²) in [7, 11) is 0. The molecule has 1 aromatic carbocycles. The SMILES string of the molecule is CCc1cccc2sc([C@@H]3CCN[C@H](C)C3)cc12. The van der Waals surface area contributed by atoms with Crippen molar-refractivity contribution in [3.8, 4) is 0 Å². The number of thiophene rings is 1. The minimum atomic E-state index is 0.666. The number of fused-ring (bicyclic) bond motifs is 1. The summed E-state index contributed by atoms with van der Waals surface area (Å²) in [6.07, 6.45) is 3.71. The zero-order valence-corrected chi connectivity index (χ0v) is 12.0. The van der Waals surface area contributed by atoms with Gasteiger partial charge in [0.05, 0.1) is 0 Å². The molecule has 0 saturated carbocycles. The summed E-state index contributed by atoms with van der Waals surface area (Å²) < 4.78 is 1.47. The highest BCUT2D eigenvalue weighted by Gasteiger charge is 2.21. The van der Waals surface area contributed by atoms with Gasteiger partial charge in [-0.25, -0.2) is 0 Å². The summed E-state index contributed by atoms with van der Waals surface area (Å²) in [4.78, 5) is 1.60. The summed E-state index contributed by atoms with van der Waals surface area (Å²) in [5, 5.41) is 5.03.